The summed E-state index contributed by atoms with van der Waals surface area (Å²) in [6.07, 6.45) is 1.67. The van der Waals surface area contributed by atoms with Gasteiger partial charge >= 0.3 is 6.09 Å². The highest BCUT2D eigenvalue weighted by Crippen LogP contribution is 2.25. The van der Waals surface area contributed by atoms with Crippen LogP contribution in [-0.2, 0) is 16.0 Å². The van der Waals surface area contributed by atoms with Crippen LogP contribution in [0.1, 0.15) is 39.2 Å². The molecule has 0 bridgehead atoms. The van der Waals surface area contributed by atoms with E-state index in [1.54, 1.807) is 19.1 Å². The van der Waals surface area contributed by atoms with Crippen LogP contribution in [0, 0.1) is 5.92 Å². The molecule has 0 saturated carbocycles. The standard InChI is InChI=1S/C21H32N2O5/c1-21(2,3)28-20(25)23-12-9-16(10-13-23)19(24)22-11-8-15-6-7-17(26-4)14-18(15)27-5/h6-7,14,16H,8-13H2,1-5H3,(H,22,24). The van der Waals surface area contributed by atoms with Crippen molar-refractivity contribution in [3.63, 3.8) is 0 Å². The molecule has 1 aliphatic rings. The van der Waals surface area contributed by atoms with E-state index >= 15 is 0 Å². The van der Waals surface area contributed by atoms with Gasteiger partial charge in [-0.25, -0.2) is 4.79 Å². The average Bonchev–Trinajstić information content (AvgIpc) is 2.66. The first kappa shape index (κ1) is 21.9. The number of nitrogens with zero attached hydrogens (tertiary/aromatic N) is 1. The maximum Gasteiger partial charge on any atom is 0.410 e. The molecule has 7 heteroatoms. The molecule has 7 nitrogen and oxygen atoms in total. The Morgan fingerprint density at radius 2 is 1.82 bits per heavy atom. The predicted octanol–water partition coefficient (Wildman–Crippen LogP) is 3.01. The molecule has 156 valence electrons. The van der Waals surface area contributed by atoms with E-state index in [4.69, 9.17) is 14.2 Å². The highest BCUT2D eigenvalue weighted by Gasteiger charge is 2.29. The lowest BCUT2D eigenvalue weighted by molar-refractivity contribution is -0.126. The summed E-state index contributed by atoms with van der Waals surface area (Å²) in [5, 5.41) is 3.00. The minimum Gasteiger partial charge on any atom is -0.497 e. The number of ether oxygens (including phenoxy) is 3. The number of piperidine rings is 1. The maximum absolute atomic E-state index is 12.5. The molecule has 1 N–H and O–H groups in total. The van der Waals surface area contributed by atoms with Crippen LogP contribution < -0.4 is 14.8 Å². The van der Waals surface area contributed by atoms with Crippen molar-refractivity contribution in [3.8, 4) is 11.5 Å². The quantitative estimate of drug-likeness (QED) is 0.805. The zero-order valence-electron chi connectivity index (χ0n) is 17.5. The lowest BCUT2D eigenvalue weighted by atomic mass is 9.96. The number of amides is 2. The summed E-state index contributed by atoms with van der Waals surface area (Å²) < 4.78 is 16.0. The van der Waals surface area contributed by atoms with E-state index in [1.165, 1.54) is 0 Å². The van der Waals surface area contributed by atoms with Crippen LogP contribution >= 0.6 is 0 Å². The third kappa shape index (κ3) is 6.32. The lowest BCUT2D eigenvalue weighted by Gasteiger charge is -2.32. The minimum absolute atomic E-state index is 0.0383. The van der Waals surface area contributed by atoms with Crippen LogP contribution in [0.15, 0.2) is 18.2 Å². The van der Waals surface area contributed by atoms with Gasteiger partial charge in [0.2, 0.25) is 5.91 Å². The number of benzene rings is 1. The number of hydrogen-bond donors (Lipinski definition) is 1. The third-order valence-electron chi connectivity index (χ3n) is 4.71. The van der Waals surface area contributed by atoms with Crippen LogP contribution in [0.4, 0.5) is 4.79 Å². The molecule has 2 rings (SSSR count). The van der Waals surface area contributed by atoms with Crippen molar-refractivity contribution in [3.05, 3.63) is 23.8 Å². The molecule has 0 atom stereocenters. The molecule has 0 aromatic heterocycles. The largest absolute Gasteiger partial charge is 0.497 e. The number of carbonyl (C=O) groups is 2. The summed E-state index contributed by atoms with van der Waals surface area (Å²) in [5.41, 5.74) is 0.511. The Labute approximate surface area is 167 Å². The summed E-state index contributed by atoms with van der Waals surface area (Å²) in [5.74, 6) is 1.45. The smallest absolute Gasteiger partial charge is 0.410 e. The van der Waals surface area contributed by atoms with E-state index in [0.29, 0.717) is 38.9 Å². The molecule has 1 saturated heterocycles. The second-order valence-electron chi connectivity index (χ2n) is 7.96. The second-order valence-corrected chi connectivity index (χ2v) is 7.96. The van der Waals surface area contributed by atoms with E-state index in [2.05, 4.69) is 5.32 Å². The Morgan fingerprint density at radius 1 is 1.14 bits per heavy atom. The number of rotatable bonds is 6. The SMILES string of the molecule is COc1ccc(CCNC(=O)C2CCN(C(=O)OC(C)(C)C)CC2)c(OC)c1. The molecular weight excluding hydrogens is 360 g/mol. The topological polar surface area (TPSA) is 77.1 Å². The molecular formula is C21H32N2O5. The fourth-order valence-corrected chi connectivity index (χ4v) is 3.17. The zero-order valence-corrected chi connectivity index (χ0v) is 17.5. The summed E-state index contributed by atoms with van der Waals surface area (Å²) in [6.45, 7) is 7.17. The molecule has 1 aromatic carbocycles. The normalized spacial score (nSPS) is 15.1. The van der Waals surface area contributed by atoms with Crippen molar-refractivity contribution in [2.45, 2.75) is 45.6 Å². The van der Waals surface area contributed by atoms with Crippen LogP contribution in [0.3, 0.4) is 0 Å². The Kier molecular flexibility index (Phi) is 7.54. The van der Waals surface area contributed by atoms with E-state index in [1.807, 2.05) is 39.0 Å². The van der Waals surface area contributed by atoms with E-state index in [-0.39, 0.29) is 17.9 Å². The number of nitrogens with one attached hydrogen (secondary N) is 1. The number of methoxy groups -OCH3 is 2. The molecule has 2 amide bonds. The minimum atomic E-state index is -0.506. The van der Waals surface area contributed by atoms with Crippen molar-refractivity contribution in [2.75, 3.05) is 33.9 Å². The summed E-state index contributed by atoms with van der Waals surface area (Å²) in [7, 11) is 3.23. The fraction of sp³-hybridized carbons (Fsp3) is 0.619. The van der Waals surface area contributed by atoms with Crippen molar-refractivity contribution in [1.82, 2.24) is 10.2 Å². The molecule has 0 spiro atoms. The molecule has 1 aliphatic heterocycles. The maximum atomic E-state index is 12.5. The van der Waals surface area contributed by atoms with Gasteiger partial charge in [-0.15, -0.1) is 0 Å². The highest BCUT2D eigenvalue weighted by molar-refractivity contribution is 5.79. The van der Waals surface area contributed by atoms with Crippen molar-refractivity contribution < 1.29 is 23.8 Å². The van der Waals surface area contributed by atoms with Gasteiger partial charge in [-0.2, -0.15) is 0 Å². The molecule has 1 heterocycles. The van der Waals surface area contributed by atoms with Gasteiger partial charge in [0.05, 0.1) is 14.2 Å². The van der Waals surface area contributed by atoms with Crippen LogP contribution in [0.25, 0.3) is 0 Å². The lowest BCUT2D eigenvalue weighted by Crippen LogP contribution is -2.45. The number of hydrogen-bond acceptors (Lipinski definition) is 5. The Bertz CT molecular complexity index is 676. The van der Waals surface area contributed by atoms with Gasteiger partial charge in [0.25, 0.3) is 0 Å². The molecule has 1 aromatic rings. The van der Waals surface area contributed by atoms with Gasteiger partial charge in [-0.3, -0.25) is 4.79 Å². The van der Waals surface area contributed by atoms with Crippen LogP contribution in [0.2, 0.25) is 0 Å². The average molecular weight is 392 g/mol. The Hall–Kier alpha value is -2.44. The van der Waals surface area contributed by atoms with Gasteiger partial charge in [0, 0.05) is 31.6 Å². The summed E-state index contributed by atoms with van der Waals surface area (Å²) in [6, 6.07) is 5.67. The Balaban J connectivity index is 1.77. The van der Waals surface area contributed by atoms with Gasteiger partial charge < -0.3 is 24.4 Å². The molecule has 28 heavy (non-hydrogen) atoms. The monoisotopic (exact) mass is 392 g/mol. The Morgan fingerprint density at radius 3 is 2.39 bits per heavy atom. The predicted molar refractivity (Wildman–Crippen MR) is 107 cm³/mol. The summed E-state index contributed by atoms with van der Waals surface area (Å²) >= 11 is 0. The van der Waals surface area contributed by atoms with E-state index in [9.17, 15) is 9.59 Å². The molecule has 0 aliphatic carbocycles. The van der Waals surface area contributed by atoms with Crippen molar-refractivity contribution >= 4 is 12.0 Å². The zero-order chi connectivity index (χ0) is 20.7. The van der Waals surface area contributed by atoms with Gasteiger partial charge in [-0.05, 0) is 51.7 Å². The number of carbonyl (C=O) groups excluding carboxylic acids is 2. The fourth-order valence-electron chi connectivity index (χ4n) is 3.17. The number of likely N-dealkylation sites (tertiary alicyclic amines) is 1. The highest BCUT2D eigenvalue weighted by atomic mass is 16.6. The van der Waals surface area contributed by atoms with Gasteiger partial charge in [0.15, 0.2) is 0 Å². The second kappa shape index (κ2) is 9.66. The van der Waals surface area contributed by atoms with Crippen LogP contribution in [0.5, 0.6) is 11.5 Å². The molecule has 0 unspecified atom stereocenters. The first-order chi connectivity index (χ1) is 13.2. The van der Waals surface area contributed by atoms with Crippen molar-refractivity contribution in [2.24, 2.45) is 5.92 Å². The first-order valence-electron chi connectivity index (χ1n) is 9.70. The van der Waals surface area contributed by atoms with Crippen LogP contribution in [-0.4, -0.2) is 56.4 Å². The molecule has 1 fully saturated rings. The summed E-state index contributed by atoms with van der Waals surface area (Å²) in [4.78, 5) is 26.2. The van der Waals surface area contributed by atoms with E-state index < -0.39 is 5.60 Å². The van der Waals surface area contributed by atoms with Crippen molar-refractivity contribution in [1.29, 1.82) is 0 Å². The van der Waals surface area contributed by atoms with E-state index in [0.717, 1.165) is 17.1 Å². The molecule has 0 radical (unpaired) electrons. The van der Waals surface area contributed by atoms with Gasteiger partial charge in [-0.1, -0.05) is 6.07 Å². The first-order valence-corrected chi connectivity index (χ1v) is 9.70. The third-order valence-corrected chi connectivity index (χ3v) is 4.71. The van der Waals surface area contributed by atoms with Gasteiger partial charge in [0.1, 0.15) is 17.1 Å².